The summed E-state index contributed by atoms with van der Waals surface area (Å²) in [4.78, 5) is 14.0. The van der Waals surface area contributed by atoms with E-state index in [4.69, 9.17) is 9.15 Å². The SMILES string of the molecule is CCOc1ccc(C(=O)N(CC)CCn2cccn2)o1. The van der Waals surface area contributed by atoms with Gasteiger partial charge in [-0.1, -0.05) is 0 Å². The number of carbonyl (C=O) groups is 1. The van der Waals surface area contributed by atoms with Gasteiger partial charge in [-0.3, -0.25) is 9.48 Å². The average molecular weight is 277 g/mol. The normalized spacial score (nSPS) is 10.5. The van der Waals surface area contributed by atoms with Crippen LogP contribution >= 0.6 is 0 Å². The molecule has 0 atom stereocenters. The number of ether oxygens (including phenoxy) is 1. The van der Waals surface area contributed by atoms with Gasteiger partial charge in [-0.25, -0.2) is 0 Å². The van der Waals surface area contributed by atoms with Crippen molar-refractivity contribution in [2.45, 2.75) is 20.4 Å². The van der Waals surface area contributed by atoms with Crippen LogP contribution in [0.3, 0.4) is 0 Å². The summed E-state index contributed by atoms with van der Waals surface area (Å²) in [6, 6.07) is 5.17. The van der Waals surface area contributed by atoms with E-state index in [1.807, 2.05) is 26.1 Å². The van der Waals surface area contributed by atoms with Crippen molar-refractivity contribution >= 4 is 5.91 Å². The molecular formula is C14H19N3O3. The summed E-state index contributed by atoms with van der Waals surface area (Å²) in [7, 11) is 0. The summed E-state index contributed by atoms with van der Waals surface area (Å²) < 4.78 is 12.4. The number of rotatable bonds is 7. The van der Waals surface area contributed by atoms with Crippen molar-refractivity contribution in [2.75, 3.05) is 19.7 Å². The van der Waals surface area contributed by atoms with E-state index in [0.717, 1.165) is 0 Å². The van der Waals surface area contributed by atoms with Crippen molar-refractivity contribution in [3.63, 3.8) is 0 Å². The number of furan rings is 1. The van der Waals surface area contributed by atoms with Gasteiger partial charge >= 0.3 is 0 Å². The molecule has 1 amide bonds. The first kappa shape index (κ1) is 14.2. The molecule has 0 radical (unpaired) electrons. The van der Waals surface area contributed by atoms with Gasteiger partial charge < -0.3 is 14.1 Å². The minimum Gasteiger partial charge on any atom is -0.465 e. The molecule has 6 heteroatoms. The largest absolute Gasteiger partial charge is 0.465 e. The molecule has 2 rings (SSSR count). The Morgan fingerprint density at radius 2 is 2.30 bits per heavy atom. The van der Waals surface area contributed by atoms with Crippen LogP contribution in [0.5, 0.6) is 5.95 Å². The maximum atomic E-state index is 12.3. The maximum Gasteiger partial charge on any atom is 0.289 e. The van der Waals surface area contributed by atoms with Crippen LogP contribution in [0, 0.1) is 0 Å². The lowest BCUT2D eigenvalue weighted by Gasteiger charge is -2.19. The molecule has 2 aromatic rings. The maximum absolute atomic E-state index is 12.3. The molecule has 0 saturated heterocycles. The second-order valence-corrected chi connectivity index (χ2v) is 4.21. The summed E-state index contributed by atoms with van der Waals surface area (Å²) >= 11 is 0. The second-order valence-electron chi connectivity index (χ2n) is 4.21. The minimum absolute atomic E-state index is 0.134. The fourth-order valence-electron chi connectivity index (χ4n) is 1.87. The summed E-state index contributed by atoms with van der Waals surface area (Å²) in [5.41, 5.74) is 0. The predicted molar refractivity (Wildman–Crippen MR) is 73.7 cm³/mol. The fraction of sp³-hybridized carbons (Fsp3) is 0.429. The van der Waals surface area contributed by atoms with E-state index in [1.54, 1.807) is 27.9 Å². The Kier molecular flexibility index (Phi) is 4.81. The molecule has 2 heterocycles. The quantitative estimate of drug-likeness (QED) is 0.777. The number of nitrogens with zero attached hydrogens (tertiary/aromatic N) is 3. The summed E-state index contributed by atoms with van der Waals surface area (Å²) in [5, 5.41) is 4.12. The van der Waals surface area contributed by atoms with E-state index in [9.17, 15) is 4.79 Å². The third-order valence-corrected chi connectivity index (χ3v) is 2.91. The molecule has 2 aromatic heterocycles. The third-order valence-electron chi connectivity index (χ3n) is 2.91. The van der Waals surface area contributed by atoms with Crippen LogP contribution in [0.1, 0.15) is 24.4 Å². The fourth-order valence-corrected chi connectivity index (χ4v) is 1.87. The molecule has 0 aliphatic carbocycles. The Hall–Kier alpha value is -2.24. The molecule has 0 saturated carbocycles. The number of likely N-dealkylation sites (N-methyl/N-ethyl adjacent to an activating group) is 1. The van der Waals surface area contributed by atoms with Crippen molar-refractivity contribution in [1.82, 2.24) is 14.7 Å². The van der Waals surface area contributed by atoms with E-state index < -0.39 is 0 Å². The zero-order valence-corrected chi connectivity index (χ0v) is 11.8. The van der Waals surface area contributed by atoms with Gasteiger partial charge in [0, 0.05) is 31.5 Å². The Morgan fingerprint density at radius 3 is 2.95 bits per heavy atom. The lowest BCUT2D eigenvalue weighted by atomic mass is 10.3. The van der Waals surface area contributed by atoms with E-state index in [2.05, 4.69) is 5.10 Å². The van der Waals surface area contributed by atoms with Gasteiger partial charge in [0.05, 0.1) is 13.2 Å². The highest BCUT2D eigenvalue weighted by Crippen LogP contribution is 2.17. The minimum atomic E-state index is -0.134. The topological polar surface area (TPSA) is 60.5 Å². The average Bonchev–Trinajstić information content (AvgIpc) is 3.11. The molecule has 108 valence electrons. The monoisotopic (exact) mass is 277 g/mol. The van der Waals surface area contributed by atoms with E-state index in [0.29, 0.717) is 37.9 Å². The first-order valence-electron chi connectivity index (χ1n) is 6.74. The zero-order chi connectivity index (χ0) is 14.4. The molecule has 0 unspecified atom stereocenters. The van der Waals surface area contributed by atoms with Crippen molar-refractivity contribution in [3.05, 3.63) is 36.4 Å². The molecule has 0 N–H and O–H groups in total. The Morgan fingerprint density at radius 1 is 1.45 bits per heavy atom. The Bertz CT molecular complexity index is 534. The molecule has 0 fully saturated rings. The number of amides is 1. The predicted octanol–water partition coefficient (Wildman–Crippen LogP) is 2.04. The van der Waals surface area contributed by atoms with Gasteiger partial charge in [-0.05, 0) is 26.0 Å². The molecule has 0 aromatic carbocycles. The van der Waals surface area contributed by atoms with Gasteiger partial charge in [-0.15, -0.1) is 0 Å². The highest BCUT2D eigenvalue weighted by atomic mass is 16.6. The second kappa shape index (κ2) is 6.79. The number of aromatic nitrogens is 2. The standard InChI is InChI=1S/C14H19N3O3/c1-3-16(10-11-17-9-5-8-15-17)14(18)12-6-7-13(20-12)19-4-2/h5-9H,3-4,10-11H2,1-2H3. The molecule has 0 bridgehead atoms. The van der Waals surface area contributed by atoms with Gasteiger partial charge in [0.2, 0.25) is 0 Å². The molecular weight excluding hydrogens is 258 g/mol. The summed E-state index contributed by atoms with van der Waals surface area (Å²) in [6.45, 7) is 6.18. The van der Waals surface area contributed by atoms with E-state index in [1.165, 1.54) is 0 Å². The zero-order valence-electron chi connectivity index (χ0n) is 11.8. The van der Waals surface area contributed by atoms with Crippen LogP contribution in [0.25, 0.3) is 0 Å². The van der Waals surface area contributed by atoms with Crippen LogP contribution in [-0.2, 0) is 6.54 Å². The van der Waals surface area contributed by atoms with E-state index in [-0.39, 0.29) is 5.91 Å². The van der Waals surface area contributed by atoms with Crippen molar-refractivity contribution in [1.29, 1.82) is 0 Å². The Labute approximate surface area is 117 Å². The molecule has 0 spiro atoms. The van der Waals surface area contributed by atoms with Gasteiger partial charge in [0.25, 0.3) is 11.9 Å². The van der Waals surface area contributed by atoms with Crippen LogP contribution < -0.4 is 4.74 Å². The molecule has 6 nitrogen and oxygen atoms in total. The van der Waals surface area contributed by atoms with Crippen molar-refractivity contribution < 1.29 is 13.9 Å². The van der Waals surface area contributed by atoms with E-state index >= 15 is 0 Å². The molecule has 0 aliphatic heterocycles. The van der Waals surface area contributed by atoms with Crippen molar-refractivity contribution in [3.8, 4) is 5.95 Å². The summed E-state index contributed by atoms with van der Waals surface area (Å²) in [6.07, 6.45) is 3.59. The van der Waals surface area contributed by atoms with Gasteiger partial charge in [0.1, 0.15) is 0 Å². The third kappa shape index (κ3) is 3.40. The van der Waals surface area contributed by atoms with Crippen molar-refractivity contribution in [2.24, 2.45) is 0 Å². The van der Waals surface area contributed by atoms with Crippen LogP contribution in [0.15, 0.2) is 35.0 Å². The van der Waals surface area contributed by atoms with Crippen LogP contribution in [-0.4, -0.2) is 40.3 Å². The first-order valence-corrected chi connectivity index (χ1v) is 6.74. The van der Waals surface area contributed by atoms with Gasteiger partial charge in [-0.2, -0.15) is 5.10 Å². The van der Waals surface area contributed by atoms with Crippen LogP contribution in [0.4, 0.5) is 0 Å². The highest BCUT2D eigenvalue weighted by Gasteiger charge is 2.18. The smallest absolute Gasteiger partial charge is 0.289 e. The van der Waals surface area contributed by atoms with Gasteiger partial charge in [0.15, 0.2) is 5.76 Å². The molecule has 20 heavy (non-hydrogen) atoms. The Balaban J connectivity index is 1.96. The first-order chi connectivity index (χ1) is 9.74. The van der Waals surface area contributed by atoms with Crippen LogP contribution in [0.2, 0.25) is 0 Å². The highest BCUT2D eigenvalue weighted by molar-refractivity contribution is 5.91. The lowest BCUT2D eigenvalue weighted by Crippen LogP contribution is -2.33. The number of hydrogen-bond donors (Lipinski definition) is 0. The number of carbonyl (C=O) groups excluding carboxylic acids is 1. The summed E-state index contributed by atoms with van der Waals surface area (Å²) in [5.74, 6) is 0.542. The number of hydrogen-bond acceptors (Lipinski definition) is 4. The lowest BCUT2D eigenvalue weighted by molar-refractivity contribution is 0.0717. The molecule has 0 aliphatic rings.